The normalized spacial score (nSPS) is 20.3. The van der Waals surface area contributed by atoms with Crippen LogP contribution in [0.15, 0.2) is 36.4 Å². The minimum absolute atomic E-state index is 0.0327. The van der Waals surface area contributed by atoms with Crippen LogP contribution in [0.5, 0.6) is 23.0 Å². The van der Waals surface area contributed by atoms with Crippen molar-refractivity contribution in [1.82, 2.24) is 0 Å². The van der Waals surface area contributed by atoms with Crippen LogP contribution in [0.3, 0.4) is 0 Å². The van der Waals surface area contributed by atoms with E-state index in [1.807, 2.05) is 6.07 Å². The molecule has 160 valence electrons. The molecule has 2 heterocycles. The number of amides is 1. The lowest BCUT2D eigenvalue weighted by Gasteiger charge is -2.22. The van der Waals surface area contributed by atoms with Gasteiger partial charge in [0.1, 0.15) is 17.5 Å². The fourth-order valence-electron chi connectivity index (χ4n) is 4.22. The highest BCUT2D eigenvalue weighted by molar-refractivity contribution is 5.93. The number of likely N-dealkylation sites (tertiary alicyclic amines) is 1. The summed E-state index contributed by atoms with van der Waals surface area (Å²) in [6.45, 7) is 2.71. The van der Waals surface area contributed by atoms with Crippen molar-refractivity contribution >= 4 is 11.6 Å². The first kappa shape index (κ1) is 20.3. The Morgan fingerprint density at radius 1 is 1.07 bits per heavy atom. The summed E-state index contributed by atoms with van der Waals surface area (Å²) in [5, 5.41) is 2.98. The van der Waals surface area contributed by atoms with Gasteiger partial charge in [-0.2, -0.15) is 0 Å². The fraction of sp³-hybridized carbons (Fsp3) is 0.435. The third-order valence-electron chi connectivity index (χ3n) is 5.73. The molecule has 30 heavy (non-hydrogen) atoms. The number of anilines is 1. The van der Waals surface area contributed by atoms with Crippen LogP contribution >= 0.6 is 0 Å². The number of hydrogen-bond acceptors (Lipinski definition) is 5. The zero-order valence-corrected chi connectivity index (χ0v) is 17.5. The van der Waals surface area contributed by atoms with E-state index in [-0.39, 0.29) is 11.9 Å². The second kappa shape index (κ2) is 9.26. The number of fused-ring (bicyclic) bond motifs is 1. The standard InChI is InChI=1S/C23H28N2O5/c1-27-17-7-8-18(21(14-17)28-2)24-23(26)15-25-10-3-5-19(25)16-6-9-20-22(13-16)30-12-4-11-29-20/h6-9,13-14,19H,3-5,10-12,15H2,1-2H3,(H,24,26)/p+1/t19-/m1/s1. The molecule has 1 unspecified atom stereocenters. The van der Waals surface area contributed by atoms with Gasteiger partial charge in [-0.1, -0.05) is 0 Å². The summed E-state index contributed by atoms with van der Waals surface area (Å²) in [4.78, 5) is 14.0. The summed E-state index contributed by atoms with van der Waals surface area (Å²) >= 11 is 0. The highest BCUT2D eigenvalue weighted by Crippen LogP contribution is 2.33. The third-order valence-corrected chi connectivity index (χ3v) is 5.73. The van der Waals surface area contributed by atoms with Crippen LogP contribution in [0, 0.1) is 0 Å². The van der Waals surface area contributed by atoms with E-state index >= 15 is 0 Å². The van der Waals surface area contributed by atoms with Gasteiger partial charge >= 0.3 is 0 Å². The van der Waals surface area contributed by atoms with E-state index in [1.165, 1.54) is 10.5 Å². The Bertz CT molecular complexity index is 901. The lowest BCUT2D eigenvalue weighted by Crippen LogP contribution is -3.11. The van der Waals surface area contributed by atoms with Crippen LogP contribution in [0.25, 0.3) is 0 Å². The van der Waals surface area contributed by atoms with Gasteiger partial charge in [0.2, 0.25) is 0 Å². The Morgan fingerprint density at radius 2 is 1.90 bits per heavy atom. The van der Waals surface area contributed by atoms with E-state index in [4.69, 9.17) is 18.9 Å². The summed E-state index contributed by atoms with van der Waals surface area (Å²) in [7, 11) is 3.18. The highest BCUT2D eigenvalue weighted by Gasteiger charge is 2.32. The van der Waals surface area contributed by atoms with Gasteiger partial charge in [-0.15, -0.1) is 0 Å². The van der Waals surface area contributed by atoms with Crippen molar-refractivity contribution in [2.24, 2.45) is 0 Å². The number of carbonyl (C=O) groups is 1. The topological polar surface area (TPSA) is 70.5 Å². The van der Waals surface area contributed by atoms with Crippen LogP contribution in [0.1, 0.15) is 30.9 Å². The zero-order valence-electron chi connectivity index (χ0n) is 17.5. The number of hydrogen-bond donors (Lipinski definition) is 2. The molecule has 0 aliphatic carbocycles. The maximum atomic E-state index is 12.8. The van der Waals surface area contributed by atoms with Crippen LogP contribution in [-0.4, -0.2) is 46.4 Å². The SMILES string of the molecule is COc1ccc(NC(=O)C[NH+]2CCC[C@@H]2c2ccc3c(c2)OCCCO3)c(OC)c1. The number of quaternary nitrogens is 1. The Labute approximate surface area is 176 Å². The zero-order chi connectivity index (χ0) is 20.9. The molecule has 2 aromatic carbocycles. The largest absolute Gasteiger partial charge is 0.497 e. The first-order valence-corrected chi connectivity index (χ1v) is 10.4. The minimum Gasteiger partial charge on any atom is -0.497 e. The molecule has 2 aromatic rings. The number of nitrogens with one attached hydrogen (secondary N) is 2. The lowest BCUT2D eigenvalue weighted by molar-refractivity contribution is -0.910. The van der Waals surface area contributed by atoms with E-state index in [0.717, 1.165) is 37.3 Å². The number of rotatable bonds is 6. The fourth-order valence-corrected chi connectivity index (χ4v) is 4.22. The van der Waals surface area contributed by atoms with Gasteiger partial charge in [-0.25, -0.2) is 0 Å². The molecule has 7 nitrogen and oxygen atoms in total. The third kappa shape index (κ3) is 4.46. The smallest absolute Gasteiger partial charge is 0.279 e. The quantitative estimate of drug-likeness (QED) is 0.760. The van der Waals surface area contributed by atoms with E-state index in [2.05, 4.69) is 17.4 Å². The summed E-state index contributed by atoms with van der Waals surface area (Å²) in [5.74, 6) is 2.85. The van der Waals surface area contributed by atoms with Gasteiger partial charge in [0, 0.05) is 30.9 Å². The molecule has 0 saturated carbocycles. The summed E-state index contributed by atoms with van der Waals surface area (Å²) in [6.07, 6.45) is 3.03. The van der Waals surface area contributed by atoms with Gasteiger partial charge in [0.05, 0.1) is 39.7 Å². The van der Waals surface area contributed by atoms with E-state index in [0.29, 0.717) is 36.9 Å². The van der Waals surface area contributed by atoms with E-state index < -0.39 is 0 Å². The molecule has 2 aliphatic heterocycles. The Hall–Kier alpha value is -2.93. The second-order valence-electron chi connectivity index (χ2n) is 7.65. The first-order chi connectivity index (χ1) is 14.7. The predicted molar refractivity (Wildman–Crippen MR) is 113 cm³/mol. The van der Waals surface area contributed by atoms with Crippen molar-refractivity contribution in [1.29, 1.82) is 0 Å². The maximum absolute atomic E-state index is 12.8. The monoisotopic (exact) mass is 413 g/mol. The molecule has 0 radical (unpaired) electrons. The maximum Gasteiger partial charge on any atom is 0.279 e. The van der Waals surface area contributed by atoms with Crippen LogP contribution in [0.2, 0.25) is 0 Å². The molecule has 0 bridgehead atoms. The molecule has 2 N–H and O–H groups in total. The van der Waals surface area contributed by atoms with Crippen molar-refractivity contribution in [3.05, 3.63) is 42.0 Å². The Kier molecular flexibility index (Phi) is 6.28. The van der Waals surface area contributed by atoms with Crippen molar-refractivity contribution in [2.75, 3.05) is 45.8 Å². The van der Waals surface area contributed by atoms with Gasteiger partial charge in [0.15, 0.2) is 18.0 Å². The Balaban J connectivity index is 1.44. The van der Waals surface area contributed by atoms with Crippen molar-refractivity contribution in [3.8, 4) is 23.0 Å². The lowest BCUT2D eigenvalue weighted by atomic mass is 10.0. The average molecular weight is 413 g/mol. The van der Waals surface area contributed by atoms with Crippen molar-refractivity contribution in [2.45, 2.75) is 25.3 Å². The van der Waals surface area contributed by atoms with Gasteiger partial charge in [0.25, 0.3) is 5.91 Å². The average Bonchev–Trinajstić information content (AvgIpc) is 3.09. The number of ether oxygens (including phenoxy) is 4. The molecule has 1 saturated heterocycles. The summed E-state index contributed by atoms with van der Waals surface area (Å²) < 4.78 is 22.2. The van der Waals surface area contributed by atoms with Gasteiger partial charge < -0.3 is 29.2 Å². The van der Waals surface area contributed by atoms with Crippen LogP contribution in [-0.2, 0) is 4.79 Å². The molecule has 0 aromatic heterocycles. The molecule has 1 fully saturated rings. The summed E-state index contributed by atoms with van der Waals surface area (Å²) in [5.41, 5.74) is 1.84. The first-order valence-electron chi connectivity index (χ1n) is 10.4. The number of carbonyl (C=O) groups excluding carboxylic acids is 1. The highest BCUT2D eigenvalue weighted by atomic mass is 16.5. The molecule has 0 spiro atoms. The molecule has 2 aliphatic rings. The molecule has 2 atom stereocenters. The minimum atomic E-state index is -0.0327. The Morgan fingerprint density at radius 3 is 2.70 bits per heavy atom. The van der Waals surface area contributed by atoms with Crippen LogP contribution < -0.4 is 29.2 Å². The van der Waals surface area contributed by atoms with Crippen molar-refractivity contribution in [3.63, 3.8) is 0 Å². The molecular formula is C23H29N2O5+. The second-order valence-corrected chi connectivity index (χ2v) is 7.65. The van der Waals surface area contributed by atoms with E-state index in [1.54, 1.807) is 32.4 Å². The number of benzene rings is 2. The molecule has 1 amide bonds. The predicted octanol–water partition coefficient (Wildman–Crippen LogP) is 2.22. The number of methoxy groups -OCH3 is 2. The van der Waals surface area contributed by atoms with Gasteiger partial charge in [-0.05, 0) is 30.3 Å². The molecule has 4 rings (SSSR count). The van der Waals surface area contributed by atoms with Crippen molar-refractivity contribution < 1.29 is 28.6 Å². The summed E-state index contributed by atoms with van der Waals surface area (Å²) in [6, 6.07) is 11.8. The molecular weight excluding hydrogens is 384 g/mol. The molecule has 7 heteroatoms. The van der Waals surface area contributed by atoms with E-state index in [9.17, 15) is 4.79 Å². The van der Waals surface area contributed by atoms with Crippen LogP contribution in [0.4, 0.5) is 5.69 Å². The van der Waals surface area contributed by atoms with Gasteiger partial charge in [-0.3, -0.25) is 4.79 Å².